The molecule has 0 amide bonds. The van der Waals surface area contributed by atoms with Crippen LogP contribution in [0.5, 0.6) is 0 Å². The van der Waals surface area contributed by atoms with Crippen LogP contribution in [0.1, 0.15) is 5.56 Å². The molecular weight excluding hydrogens is 248 g/mol. The Morgan fingerprint density at radius 3 is 2.70 bits per heavy atom. The first-order valence-electron chi connectivity index (χ1n) is 6.52. The van der Waals surface area contributed by atoms with Crippen molar-refractivity contribution < 1.29 is 4.42 Å². The fourth-order valence-corrected chi connectivity index (χ4v) is 2.43. The molecule has 4 rings (SSSR count). The highest BCUT2D eigenvalue weighted by atomic mass is 16.3. The van der Waals surface area contributed by atoms with Crippen molar-refractivity contribution in [3.05, 3.63) is 60.4 Å². The van der Waals surface area contributed by atoms with Crippen molar-refractivity contribution in [2.75, 3.05) is 0 Å². The molecule has 0 aliphatic heterocycles. The van der Waals surface area contributed by atoms with Crippen LogP contribution in [0.2, 0.25) is 0 Å². The predicted molar refractivity (Wildman–Crippen MR) is 79.5 cm³/mol. The summed E-state index contributed by atoms with van der Waals surface area (Å²) in [4.78, 5) is 8.93. The molecule has 3 heterocycles. The van der Waals surface area contributed by atoms with Crippen LogP contribution >= 0.6 is 0 Å². The van der Waals surface area contributed by atoms with Gasteiger partial charge in [-0.05, 0) is 36.8 Å². The minimum atomic E-state index is 0.796. The number of nitrogens with zero attached hydrogens (tertiary/aromatic N) is 2. The number of para-hydroxylation sites is 1. The summed E-state index contributed by atoms with van der Waals surface area (Å²) in [7, 11) is 0. The molecule has 0 saturated heterocycles. The molecule has 0 aliphatic carbocycles. The van der Waals surface area contributed by atoms with Gasteiger partial charge in [0.2, 0.25) is 0 Å². The fraction of sp³-hybridized carbons (Fsp3) is 0.0588. The lowest BCUT2D eigenvalue weighted by molar-refractivity contribution is 0.669. The van der Waals surface area contributed by atoms with Crippen molar-refractivity contribution in [3.63, 3.8) is 0 Å². The molecule has 3 aromatic heterocycles. The normalized spacial score (nSPS) is 11.2. The van der Waals surface area contributed by atoms with Gasteiger partial charge in [0.15, 0.2) is 5.58 Å². The smallest absolute Gasteiger partial charge is 0.163 e. The monoisotopic (exact) mass is 260 g/mol. The third kappa shape index (κ3) is 1.60. The molecule has 0 saturated carbocycles. The standard InChI is InChI=1S/C17H12N2O/c1-11-6-7-14(19-10-11)12-8-9-18-16-13-4-2-3-5-15(13)20-17(12)16/h2-10H,1H3. The average molecular weight is 260 g/mol. The highest BCUT2D eigenvalue weighted by Crippen LogP contribution is 2.33. The first-order valence-corrected chi connectivity index (χ1v) is 6.52. The molecule has 0 N–H and O–H groups in total. The number of hydrogen-bond acceptors (Lipinski definition) is 3. The topological polar surface area (TPSA) is 38.9 Å². The Balaban J connectivity index is 2.07. The van der Waals surface area contributed by atoms with E-state index < -0.39 is 0 Å². The quantitative estimate of drug-likeness (QED) is 0.510. The first-order chi connectivity index (χ1) is 9.83. The van der Waals surface area contributed by atoms with E-state index in [1.807, 2.05) is 49.5 Å². The van der Waals surface area contributed by atoms with E-state index >= 15 is 0 Å². The summed E-state index contributed by atoms with van der Waals surface area (Å²) in [6, 6.07) is 14.0. The van der Waals surface area contributed by atoms with Gasteiger partial charge in [0.05, 0.1) is 5.69 Å². The van der Waals surface area contributed by atoms with Gasteiger partial charge in [0.1, 0.15) is 11.1 Å². The lowest BCUT2D eigenvalue weighted by Gasteiger charge is -2.01. The Morgan fingerprint density at radius 1 is 0.950 bits per heavy atom. The van der Waals surface area contributed by atoms with Crippen molar-refractivity contribution in [2.24, 2.45) is 0 Å². The Hall–Kier alpha value is -2.68. The minimum absolute atomic E-state index is 0.796. The van der Waals surface area contributed by atoms with Gasteiger partial charge < -0.3 is 4.42 Å². The van der Waals surface area contributed by atoms with Gasteiger partial charge in [0, 0.05) is 23.3 Å². The molecule has 20 heavy (non-hydrogen) atoms. The maximum atomic E-state index is 5.97. The van der Waals surface area contributed by atoms with Crippen molar-refractivity contribution in [1.29, 1.82) is 0 Å². The molecule has 3 nitrogen and oxygen atoms in total. The van der Waals surface area contributed by atoms with Gasteiger partial charge in [-0.2, -0.15) is 0 Å². The van der Waals surface area contributed by atoms with Crippen LogP contribution in [-0.4, -0.2) is 9.97 Å². The number of rotatable bonds is 1. The number of aryl methyl sites for hydroxylation is 1. The van der Waals surface area contributed by atoms with Gasteiger partial charge in [-0.25, -0.2) is 0 Å². The van der Waals surface area contributed by atoms with Crippen LogP contribution < -0.4 is 0 Å². The minimum Gasteiger partial charge on any atom is -0.454 e. The van der Waals surface area contributed by atoms with Crippen LogP contribution in [0, 0.1) is 6.92 Å². The maximum Gasteiger partial charge on any atom is 0.163 e. The van der Waals surface area contributed by atoms with Crippen LogP contribution in [0.3, 0.4) is 0 Å². The van der Waals surface area contributed by atoms with E-state index in [1.54, 1.807) is 6.20 Å². The molecule has 96 valence electrons. The molecule has 0 bridgehead atoms. The van der Waals surface area contributed by atoms with E-state index in [9.17, 15) is 0 Å². The molecule has 4 aromatic rings. The molecule has 0 atom stereocenters. The number of pyridine rings is 2. The number of fused-ring (bicyclic) bond motifs is 3. The average Bonchev–Trinajstić information content (AvgIpc) is 2.87. The summed E-state index contributed by atoms with van der Waals surface area (Å²) in [5.41, 5.74) is 5.57. The van der Waals surface area contributed by atoms with E-state index in [2.05, 4.69) is 16.0 Å². The van der Waals surface area contributed by atoms with Gasteiger partial charge >= 0.3 is 0 Å². The van der Waals surface area contributed by atoms with Crippen molar-refractivity contribution in [2.45, 2.75) is 6.92 Å². The molecule has 3 heteroatoms. The molecule has 0 spiro atoms. The van der Waals surface area contributed by atoms with Gasteiger partial charge in [-0.3, -0.25) is 9.97 Å². The third-order valence-corrected chi connectivity index (χ3v) is 3.45. The SMILES string of the molecule is Cc1ccc(-c2ccnc3c2oc2ccccc23)nc1. The molecule has 0 radical (unpaired) electrons. The largest absolute Gasteiger partial charge is 0.454 e. The molecule has 0 unspecified atom stereocenters. The van der Waals surface area contributed by atoms with Gasteiger partial charge in [-0.15, -0.1) is 0 Å². The first kappa shape index (κ1) is 11.2. The lowest BCUT2D eigenvalue weighted by Crippen LogP contribution is -1.85. The van der Waals surface area contributed by atoms with Gasteiger partial charge in [-0.1, -0.05) is 18.2 Å². The highest BCUT2D eigenvalue weighted by Gasteiger charge is 2.13. The summed E-state index contributed by atoms with van der Waals surface area (Å²) >= 11 is 0. The lowest BCUT2D eigenvalue weighted by atomic mass is 10.1. The number of benzene rings is 1. The zero-order valence-corrected chi connectivity index (χ0v) is 11.0. The van der Waals surface area contributed by atoms with Crippen molar-refractivity contribution in [3.8, 4) is 11.3 Å². The summed E-state index contributed by atoms with van der Waals surface area (Å²) in [6.07, 6.45) is 3.67. The van der Waals surface area contributed by atoms with Crippen molar-refractivity contribution >= 4 is 22.1 Å². The predicted octanol–water partition coefficient (Wildman–Crippen LogP) is 4.35. The Kier molecular flexibility index (Phi) is 2.33. The summed E-state index contributed by atoms with van der Waals surface area (Å²) in [5.74, 6) is 0. The van der Waals surface area contributed by atoms with Gasteiger partial charge in [0.25, 0.3) is 0 Å². The summed E-state index contributed by atoms with van der Waals surface area (Å²) < 4.78 is 5.97. The number of furan rings is 1. The molecule has 1 aromatic carbocycles. The van der Waals surface area contributed by atoms with Crippen molar-refractivity contribution in [1.82, 2.24) is 9.97 Å². The second-order valence-corrected chi connectivity index (χ2v) is 4.86. The Morgan fingerprint density at radius 2 is 1.85 bits per heavy atom. The summed E-state index contributed by atoms with van der Waals surface area (Å²) in [6.45, 7) is 2.03. The van der Waals surface area contributed by atoms with Crippen LogP contribution in [0.15, 0.2) is 59.3 Å². The number of hydrogen-bond donors (Lipinski definition) is 0. The zero-order valence-electron chi connectivity index (χ0n) is 11.0. The van der Waals surface area contributed by atoms with E-state index in [1.165, 1.54) is 0 Å². The van der Waals surface area contributed by atoms with E-state index in [4.69, 9.17) is 4.42 Å². The molecule has 0 aliphatic rings. The van der Waals surface area contributed by atoms with Crippen LogP contribution in [0.25, 0.3) is 33.3 Å². The van der Waals surface area contributed by atoms with E-state index in [0.29, 0.717) is 0 Å². The third-order valence-electron chi connectivity index (χ3n) is 3.45. The summed E-state index contributed by atoms with van der Waals surface area (Å²) in [5, 5.41) is 1.04. The second kappa shape index (κ2) is 4.17. The molecule has 0 fully saturated rings. The highest BCUT2D eigenvalue weighted by molar-refractivity contribution is 6.06. The maximum absolute atomic E-state index is 5.97. The second-order valence-electron chi connectivity index (χ2n) is 4.86. The molecular formula is C17H12N2O. The van der Waals surface area contributed by atoms with Crippen LogP contribution in [-0.2, 0) is 0 Å². The Bertz CT molecular complexity index is 907. The van der Waals surface area contributed by atoms with E-state index in [0.717, 1.165) is 38.9 Å². The van der Waals surface area contributed by atoms with E-state index in [-0.39, 0.29) is 0 Å². The fourth-order valence-electron chi connectivity index (χ4n) is 2.43. The number of aromatic nitrogens is 2. The van der Waals surface area contributed by atoms with Crippen LogP contribution in [0.4, 0.5) is 0 Å². The zero-order chi connectivity index (χ0) is 13.5. The Labute approximate surface area is 115 Å².